The van der Waals surface area contributed by atoms with E-state index in [9.17, 15) is 4.79 Å². The van der Waals surface area contributed by atoms with Gasteiger partial charge < -0.3 is 14.4 Å². The molecule has 0 atom stereocenters. The summed E-state index contributed by atoms with van der Waals surface area (Å²) in [4.78, 5) is 17.9. The molecule has 1 aromatic heterocycles. The van der Waals surface area contributed by atoms with Crippen molar-refractivity contribution in [2.45, 2.75) is 32.7 Å². The Morgan fingerprint density at radius 1 is 0.931 bits per heavy atom. The molecule has 1 amide bonds. The van der Waals surface area contributed by atoms with E-state index < -0.39 is 0 Å². The van der Waals surface area contributed by atoms with Crippen molar-refractivity contribution < 1.29 is 4.79 Å². The number of para-hydroxylation sites is 1. The summed E-state index contributed by atoms with van der Waals surface area (Å²) in [6.07, 6.45) is 3.34. The minimum atomic E-state index is 0.175. The van der Waals surface area contributed by atoms with E-state index in [2.05, 4.69) is 69.8 Å². The molecule has 1 fully saturated rings. The van der Waals surface area contributed by atoms with E-state index in [0.29, 0.717) is 0 Å². The summed E-state index contributed by atoms with van der Waals surface area (Å²) in [5.41, 5.74) is 3.38. The van der Waals surface area contributed by atoms with E-state index in [1.807, 2.05) is 12.1 Å². The Kier molecular flexibility index (Phi) is 6.30. The molecule has 29 heavy (non-hydrogen) atoms. The zero-order valence-corrected chi connectivity index (χ0v) is 17.4. The lowest BCUT2D eigenvalue weighted by Gasteiger charge is -2.22. The summed E-state index contributed by atoms with van der Waals surface area (Å²) in [6.45, 7) is 7.73. The van der Waals surface area contributed by atoms with Crippen LogP contribution in [-0.4, -0.2) is 53.0 Å². The molecule has 1 saturated heterocycles. The molecular weight excluding hydrogens is 358 g/mol. The lowest BCUT2D eigenvalue weighted by Crippen LogP contribution is -2.36. The van der Waals surface area contributed by atoms with Crippen molar-refractivity contribution in [1.82, 2.24) is 14.4 Å². The van der Waals surface area contributed by atoms with Gasteiger partial charge >= 0.3 is 0 Å². The van der Waals surface area contributed by atoms with Crippen LogP contribution in [0.25, 0.3) is 10.9 Å². The molecule has 3 aromatic rings. The number of hydrogen-bond donors (Lipinski definition) is 0. The van der Waals surface area contributed by atoms with Crippen LogP contribution < -0.4 is 0 Å². The normalized spacial score (nSPS) is 15.6. The molecule has 0 saturated carbocycles. The summed E-state index contributed by atoms with van der Waals surface area (Å²) >= 11 is 0. The summed E-state index contributed by atoms with van der Waals surface area (Å²) in [7, 11) is 0. The van der Waals surface area contributed by atoms with Gasteiger partial charge in [0, 0.05) is 37.1 Å². The van der Waals surface area contributed by atoms with Crippen LogP contribution in [0.3, 0.4) is 0 Å². The predicted molar refractivity (Wildman–Crippen MR) is 119 cm³/mol. The van der Waals surface area contributed by atoms with Crippen molar-refractivity contribution in [3.05, 3.63) is 71.9 Å². The van der Waals surface area contributed by atoms with Gasteiger partial charge in [0.15, 0.2) is 0 Å². The SMILES string of the molecule is CCn1c(C(=O)N2CCCN(CCCc3ccccc3)CC2)cc2ccccc21. The summed E-state index contributed by atoms with van der Waals surface area (Å²) in [6, 6.07) is 21.0. The Labute approximate surface area is 173 Å². The number of carbonyl (C=O) groups is 1. The average Bonchev–Trinajstić information content (AvgIpc) is 2.98. The number of aryl methyl sites for hydroxylation is 2. The fourth-order valence-corrected chi connectivity index (χ4v) is 4.44. The molecule has 4 rings (SSSR count). The standard InChI is InChI=1S/C25H31N3O/c1-2-28-23-14-7-6-13-22(23)20-24(28)25(29)27-17-9-16-26(18-19-27)15-8-12-21-10-4-3-5-11-21/h3-7,10-11,13-14,20H,2,8-9,12,15-19H2,1H3. The molecule has 0 unspecified atom stereocenters. The highest BCUT2D eigenvalue weighted by atomic mass is 16.2. The quantitative estimate of drug-likeness (QED) is 0.623. The highest BCUT2D eigenvalue weighted by Gasteiger charge is 2.23. The summed E-state index contributed by atoms with van der Waals surface area (Å²) < 4.78 is 2.15. The molecule has 4 nitrogen and oxygen atoms in total. The molecule has 0 radical (unpaired) electrons. The molecule has 1 aliphatic heterocycles. The summed E-state index contributed by atoms with van der Waals surface area (Å²) in [5.74, 6) is 0.175. The Bertz CT molecular complexity index is 947. The van der Waals surface area contributed by atoms with E-state index in [1.54, 1.807) is 0 Å². The summed E-state index contributed by atoms with van der Waals surface area (Å²) in [5, 5.41) is 1.15. The fraction of sp³-hybridized carbons (Fsp3) is 0.400. The largest absolute Gasteiger partial charge is 0.337 e. The number of nitrogens with zero attached hydrogens (tertiary/aromatic N) is 3. The second-order valence-electron chi connectivity index (χ2n) is 7.91. The smallest absolute Gasteiger partial charge is 0.270 e. The van der Waals surface area contributed by atoms with E-state index in [4.69, 9.17) is 0 Å². The number of fused-ring (bicyclic) bond motifs is 1. The monoisotopic (exact) mass is 389 g/mol. The zero-order valence-electron chi connectivity index (χ0n) is 17.4. The molecule has 2 heterocycles. The highest BCUT2D eigenvalue weighted by Crippen LogP contribution is 2.21. The molecule has 0 aliphatic carbocycles. The van der Waals surface area contributed by atoms with E-state index in [-0.39, 0.29) is 5.91 Å². The molecule has 1 aliphatic rings. The number of carbonyl (C=O) groups excluding carboxylic acids is 1. The van der Waals surface area contributed by atoms with Crippen LogP contribution in [-0.2, 0) is 13.0 Å². The Balaban J connectivity index is 1.36. The highest BCUT2D eigenvalue weighted by molar-refractivity contribution is 5.98. The van der Waals surface area contributed by atoms with E-state index in [0.717, 1.165) is 68.7 Å². The van der Waals surface area contributed by atoms with Gasteiger partial charge in [-0.05, 0) is 57.0 Å². The van der Waals surface area contributed by atoms with E-state index >= 15 is 0 Å². The van der Waals surface area contributed by atoms with Crippen LogP contribution in [0.1, 0.15) is 35.8 Å². The van der Waals surface area contributed by atoms with Crippen LogP contribution in [0.4, 0.5) is 0 Å². The molecule has 4 heteroatoms. The van der Waals surface area contributed by atoms with Gasteiger partial charge in [0.2, 0.25) is 0 Å². The molecule has 2 aromatic carbocycles. The van der Waals surface area contributed by atoms with Gasteiger partial charge in [-0.3, -0.25) is 4.79 Å². The van der Waals surface area contributed by atoms with Crippen LogP contribution in [0, 0.1) is 0 Å². The molecule has 152 valence electrons. The molecule has 0 N–H and O–H groups in total. The van der Waals surface area contributed by atoms with Crippen LogP contribution in [0.2, 0.25) is 0 Å². The van der Waals surface area contributed by atoms with Gasteiger partial charge in [0.1, 0.15) is 5.69 Å². The van der Waals surface area contributed by atoms with Crippen LogP contribution in [0.15, 0.2) is 60.7 Å². The number of rotatable bonds is 6. The van der Waals surface area contributed by atoms with Gasteiger partial charge in [-0.1, -0.05) is 48.5 Å². The first-order valence-corrected chi connectivity index (χ1v) is 10.9. The Morgan fingerprint density at radius 3 is 2.55 bits per heavy atom. The first-order valence-electron chi connectivity index (χ1n) is 10.9. The maximum Gasteiger partial charge on any atom is 0.270 e. The number of aromatic nitrogens is 1. The third-order valence-corrected chi connectivity index (χ3v) is 6.00. The van der Waals surface area contributed by atoms with Gasteiger partial charge in [0.25, 0.3) is 5.91 Å². The van der Waals surface area contributed by atoms with Crippen molar-refractivity contribution in [2.75, 3.05) is 32.7 Å². The van der Waals surface area contributed by atoms with Crippen molar-refractivity contribution in [3.63, 3.8) is 0 Å². The van der Waals surface area contributed by atoms with Crippen LogP contribution in [0.5, 0.6) is 0 Å². The van der Waals surface area contributed by atoms with Crippen molar-refractivity contribution in [1.29, 1.82) is 0 Å². The maximum absolute atomic E-state index is 13.3. The Hall–Kier alpha value is -2.59. The van der Waals surface area contributed by atoms with Crippen molar-refractivity contribution in [3.8, 4) is 0 Å². The van der Waals surface area contributed by atoms with Crippen LogP contribution >= 0.6 is 0 Å². The predicted octanol–water partition coefficient (Wildman–Crippen LogP) is 4.44. The molecule has 0 bridgehead atoms. The number of hydrogen-bond acceptors (Lipinski definition) is 2. The van der Waals surface area contributed by atoms with Gasteiger partial charge in [0.05, 0.1) is 0 Å². The molecule has 0 spiro atoms. The number of benzene rings is 2. The zero-order chi connectivity index (χ0) is 20.1. The fourth-order valence-electron chi connectivity index (χ4n) is 4.44. The van der Waals surface area contributed by atoms with Crippen molar-refractivity contribution in [2.24, 2.45) is 0 Å². The van der Waals surface area contributed by atoms with E-state index in [1.165, 1.54) is 12.0 Å². The third kappa shape index (κ3) is 4.54. The van der Waals surface area contributed by atoms with Gasteiger partial charge in [-0.15, -0.1) is 0 Å². The van der Waals surface area contributed by atoms with Crippen molar-refractivity contribution >= 4 is 16.8 Å². The first kappa shape index (κ1) is 19.7. The molecular formula is C25H31N3O. The second kappa shape index (κ2) is 9.27. The second-order valence-corrected chi connectivity index (χ2v) is 7.91. The minimum absolute atomic E-state index is 0.175. The lowest BCUT2D eigenvalue weighted by atomic mass is 10.1. The van der Waals surface area contributed by atoms with Gasteiger partial charge in [-0.25, -0.2) is 0 Å². The average molecular weight is 390 g/mol. The van der Waals surface area contributed by atoms with Gasteiger partial charge in [-0.2, -0.15) is 0 Å². The third-order valence-electron chi connectivity index (χ3n) is 6.00. The first-order chi connectivity index (χ1) is 14.3. The Morgan fingerprint density at radius 2 is 1.72 bits per heavy atom. The topological polar surface area (TPSA) is 28.5 Å². The minimum Gasteiger partial charge on any atom is -0.337 e. The number of amides is 1. The maximum atomic E-state index is 13.3. The lowest BCUT2D eigenvalue weighted by molar-refractivity contribution is 0.0751.